The molecule has 66 heavy (non-hydrogen) atoms. The third-order valence-corrected chi connectivity index (χ3v) is 14.1. The number of likely N-dealkylation sites (tertiary alicyclic amines) is 1. The van der Waals surface area contributed by atoms with Gasteiger partial charge in [0, 0.05) is 18.1 Å². The molecule has 0 aromatic rings. The van der Waals surface area contributed by atoms with Crippen LogP contribution in [-0.4, -0.2) is 149 Å². The minimum Gasteiger partial charge on any atom is -0.370 e. The highest BCUT2D eigenvalue weighted by Gasteiger charge is 2.41. The van der Waals surface area contributed by atoms with Crippen LogP contribution in [0.1, 0.15) is 90.9 Å². The van der Waals surface area contributed by atoms with Crippen molar-refractivity contribution in [2.45, 2.75) is 139 Å². The largest absolute Gasteiger partial charge is 0.370 e. The number of hydrogen-bond acceptors (Lipinski definition) is 15. The van der Waals surface area contributed by atoms with Gasteiger partial charge in [-0.05, 0) is 50.5 Å². The fourth-order valence-electron chi connectivity index (χ4n) is 7.82. The molecule has 0 bridgehead atoms. The highest BCUT2D eigenvalue weighted by atomic mass is 33.1. The molecular weight excluding hydrogens is 903 g/mol. The van der Waals surface area contributed by atoms with Crippen LogP contribution < -0.4 is 65.9 Å². The summed E-state index contributed by atoms with van der Waals surface area (Å²) in [5, 5.41) is 17.8. The van der Waals surface area contributed by atoms with E-state index in [1.807, 2.05) is 0 Å². The van der Waals surface area contributed by atoms with Gasteiger partial charge >= 0.3 is 0 Å². The van der Waals surface area contributed by atoms with Crippen molar-refractivity contribution in [3.05, 3.63) is 0 Å². The summed E-state index contributed by atoms with van der Waals surface area (Å²) in [7, 11) is 2.11. The van der Waals surface area contributed by atoms with Crippen LogP contribution in [0.2, 0.25) is 0 Å². The van der Waals surface area contributed by atoms with Crippen molar-refractivity contribution in [3.8, 4) is 0 Å². The molecule has 26 heteroatoms. The molecule has 0 unspecified atom stereocenters. The van der Waals surface area contributed by atoms with Crippen LogP contribution in [0.5, 0.6) is 0 Å². The first kappa shape index (κ1) is 55.1. The van der Waals surface area contributed by atoms with E-state index >= 15 is 0 Å². The van der Waals surface area contributed by atoms with E-state index in [2.05, 4.69) is 37.2 Å². The SMILES string of the molecule is CC[C@H](C)[C@@H]1NC(=O)[C@H](CC2CCCC2)NC(=O)[C@@H](N)CSSC[C@@H](C(=O)N2CCC[C@H]2C(=O)N[C@@H](CCCN)C(=O)NCC(N)=O)NC(=O)[C@H](CC(N)=O)NC(=O)[C@H](CC(N)=O)NC1=O. The van der Waals surface area contributed by atoms with Crippen molar-refractivity contribution in [2.75, 3.05) is 31.1 Å². The van der Waals surface area contributed by atoms with Crippen LogP contribution >= 0.6 is 21.6 Å². The number of nitrogens with zero attached hydrogens (tertiary/aromatic N) is 1. The molecule has 1 aliphatic carbocycles. The summed E-state index contributed by atoms with van der Waals surface area (Å²) in [6, 6.07) is -10.7. The Labute approximate surface area is 391 Å². The Bertz CT molecular complexity index is 1790. The lowest BCUT2D eigenvalue weighted by Crippen LogP contribution is -2.62. The second kappa shape index (κ2) is 27.4. The summed E-state index contributed by atoms with van der Waals surface area (Å²) < 4.78 is 0. The van der Waals surface area contributed by atoms with Gasteiger partial charge in [0.25, 0.3) is 0 Å². The molecule has 0 aromatic heterocycles. The van der Waals surface area contributed by atoms with Crippen molar-refractivity contribution in [1.82, 2.24) is 42.1 Å². The molecule has 11 amide bonds. The van der Waals surface area contributed by atoms with E-state index in [1.54, 1.807) is 13.8 Å². The topological polar surface area (TPSA) is 405 Å². The lowest BCUT2D eigenvalue weighted by molar-refractivity contribution is -0.142. The molecule has 9 atom stereocenters. The minimum atomic E-state index is -1.76. The van der Waals surface area contributed by atoms with Crippen LogP contribution in [0.4, 0.5) is 0 Å². The Kier molecular flexibility index (Phi) is 22.9. The monoisotopic (exact) mass is 969 g/mol. The Morgan fingerprint density at radius 1 is 0.742 bits per heavy atom. The maximum atomic E-state index is 14.4. The normalized spacial score (nSPS) is 26.3. The molecular formula is C40H67N13O11S2. The third-order valence-electron chi connectivity index (χ3n) is 11.7. The smallest absolute Gasteiger partial charge is 0.246 e. The molecule has 2 aliphatic heterocycles. The molecule has 1 saturated carbocycles. The van der Waals surface area contributed by atoms with Gasteiger partial charge in [-0.3, -0.25) is 52.7 Å². The van der Waals surface area contributed by atoms with Crippen LogP contribution in [0, 0.1) is 11.8 Å². The number of amides is 11. The van der Waals surface area contributed by atoms with Crippen LogP contribution in [-0.2, 0) is 52.7 Å². The van der Waals surface area contributed by atoms with Crippen molar-refractivity contribution in [2.24, 2.45) is 40.5 Å². The second-order valence-corrected chi connectivity index (χ2v) is 19.4. The van der Waals surface area contributed by atoms with Gasteiger partial charge in [0.15, 0.2) is 0 Å². The fraction of sp³-hybridized carbons (Fsp3) is 0.725. The van der Waals surface area contributed by atoms with Crippen LogP contribution in [0.15, 0.2) is 0 Å². The zero-order chi connectivity index (χ0) is 49.1. The van der Waals surface area contributed by atoms with Crippen molar-refractivity contribution < 1.29 is 52.7 Å². The highest BCUT2D eigenvalue weighted by Crippen LogP contribution is 2.29. The number of primary amides is 3. The number of carbonyl (C=O) groups excluding carboxylic acids is 11. The molecule has 0 aromatic carbocycles. The predicted octanol–water partition coefficient (Wildman–Crippen LogP) is -4.67. The lowest BCUT2D eigenvalue weighted by atomic mass is 9.94. The van der Waals surface area contributed by atoms with Gasteiger partial charge in [-0.15, -0.1) is 0 Å². The zero-order valence-corrected chi connectivity index (χ0v) is 39.1. The Balaban J connectivity index is 2.00. The maximum Gasteiger partial charge on any atom is 0.246 e. The van der Waals surface area contributed by atoms with Gasteiger partial charge in [-0.25, -0.2) is 0 Å². The summed E-state index contributed by atoms with van der Waals surface area (Å²) in [4.78, 5) is 147. The standard InChI is InChI=1S/C40H67N13O11S2/c1-3-20(2)32-39(63)50-26(16-30(44)55)35(59)49-25(15-29(43)54)36(60)51-27(19-66-65-18-22(42)33(57)48-24(37(61)52-32)14-21-8-4-5-9-21)40(64)53-13-7-11-28(53)38(62)47-23(10-6-12-41)34(58)46-17-31(45)56/h20-28,32H,3-19,41-42H2,1-2H3,(H2,43,54)(H2,44,55)(H2,45,56)(H,46,58)(H,47,62)(H,48,57)(H,49,59)(H,50,63)(H,51,60)(H,52,61)/t20-,22-,23-,24-,25-,26-,27-,28-,32-/m0/s1. The van der Waals surface area contributed by atoms with E-state index in [4.69, 9.17) is 28.7 Å². The highest BCUT2D eigenvalue weighted by molar-refractivity contribution is 8.76. The molecule has 2 heterocycles. The van der Waals surface area contributed by atoms with Crippen molar-refractivity contribution in [1.29, 1.82) is 0 Å². The summed E-state index contributed by atoms with van der Waals surface area (Å²) in [5.41, 5.74) is 28.1. The summed E-state index contributed by atoms with van der Waals surface area (Å²) in [5.74, 6) is -10.1. The van der Waals surface area contributed by atoms with Crippen LogP contribution in [0.25, 0.3) is 0 Å². The number of nitrogens with two attached hydrogens (primary N) is 5. The van der Waals surface area contributed by atoms with Gasteiger partial charge in [0.05, 0.1) is 25.4 Å². The molecule has 3 fully saturated rings. The van der Waals surface area contributed by atoms with Crippen molar-refractivity contribution >= 4 is 86.6 Å². The van der Waals surface area contributed by atoms with Gasteiger partial charge in [-0.1, -0.05) is 67.5 Å². The minimum absolute atomic E-state index is 0.0284. The van der Waals surface area contributed by atoms with E-state index < -0.39 is 139 Å². The molecule has 3 rings (SSSR count). The average Bonchev–Trinajstić information content (AvgIpc) is 3.98. The summed E-state index contributed by atoms with van der Waals surface area (Å²) in [6.45, 7) is 3.20. The van der Waals surface area contributed by atoms with Gasteiger partial charge < -0.3 is 70.8 Å². The predicted molar refractivity (Wildman–Crippen MR) is 243 cm³/mol. The van der Waals surface area contributed by atoms with Gasteiger partial charge in [0.2, 0.25) is 65.0 Å². The first-order valence-electron chi connectivity index (χ1n) is 22.2. The van der Waals surface area contributed by atoms with Gasteiger partial charge in [-0.2, -0.15) is 0 Å². The quantitative estimate of drug-likeness (QED) is 0.0610. The molecule has 370 valence electrons. The van der Waals surface area contributed by atoms with E-state index in [0.717, 1.165) is 47.3 Å². The first-order valence-corrected chi connectivity index (χ1v) is 24.7. The molecule has 0 spiro atoms. The number of rotatable bonds is 17. The molecule has 2 saturated heterocycles. The lowest BCUT2D eigenvalue weighted by Gasteiger charge is -2.31. The van der Waals surface area contributed by atoms with Gasteiger partial charge in [0.1, 0.15) is 42.3 Å². The van der Waals surface area contributed by atoms with E-state index in [-0.39, 0.29) is 49.8 Å². The number of nitrogens with one attached hydrogen (secondary N) is 7. The van der Waals surface area contributed by atoms with E-state index in [1.165, 1.54) is 4.90 Å². The molecule has 24 nitrogen and oxygen atoms in total. The third kappa shape index (κ3) is 17.5. The average molecular weight is 970 g/mol. The molecule has 17 N–H and O–H groups in total. The van der Waals surface area contributed by atoms with E-state index in [0.29, 0.717) is 19.3 Å². The molecule has 3 aliphatic rings. The summed E-state index contributed by atoms with van der Waals surface area (Å²) >= 11 is 0. The Morgan fingerprint density at radius 2 is 1.32 bits per heavy atom. The van der Waals surface area contributed by atoms with Crippen molar-refractivity contribution in [3.63, 3.8) is 0 Å². The van der Waals surface area contributed by atoms with Crippen LogP contribution in [0.3, 0.4) is 0 Å². The Hall–Kier alpha value is -5.21. The number of carbonyl (C=O) groups is 11. The number of hydrogen-bond donors (Lipinski definition) is 12. The summed E-state index contributed by atoms with van der Waals surface area (Å²) in [6.07, 6.45) is 3.58. The Morgan fingerprint density at radius 3 is 1.91 bits per heavy atom. The zero-order valence-electron chi connectivity index (χ0n) is 37.4. The molecule has 0 radical (unpaired) electrons. The van der Waals surface area contributed by atoms with E-state index in [9.17, 15) is 52.7 Å². The maximum absolute atomic E-state index is 14.4. The fourth-order valence-corrected chi connectivity index (χ4v) is 10.1. The second-order valence-electron chi connectivity index (χ2n) is 16.9. The first-order chi connectivity index (χ1) is 31.2.